The number of esters is 1. The van der Waals surface area contributed by atoms with Gasteiger partial charge >= 0.3 is 5.97 Å². The number of nitrogens with zero attached hydrogens (tertiary/aromatic N) is 1. The number of carbonyl (C=O) groups excluding carboxylic acids is 1. The second-order valence-corrected chi connectivity index (χ2v) is 4.15. The van der Waals surface area contributed by atoms with Crippen LogP contribution in [0.1, 0.15) is 10.5 Å². The van der Waals surface area contributed by atoms with Gasteiger partial charge in [-0.2, -0.15) is 0 Å². The number of nitrogens with one attached hydrogen (secondary N) is 1. The first-order valence-corrected chi connectivity index (χ1v) is 5.61. The van der Waals surface area contributed by atoms with Gasteiger partial charge in [0.2, 0.25) is 0 Å². The van der Waals surface area contributed by atoms with Crippen LogP contribution in [0.15, 0.2) is 22.8 Å². The van der Waals surface area contributed by atoms with Crippen LogP contribution in [0.2, 0.25) is 0 Å². The van der Waals surface area contributed by atoms with E-state index in [0.717, 1.165) is 6.07 Å². The van der Waals surface area contributed by atoms with Gasteiger partial charge < -0.3 is 9.72 Å². The van der Waals surface area contributed by atoms with Crippen molar-refractivity contribution in [1.82, 2.24) is 9.97 Å². The van der Waals surface area contributed by atoms with E-state index in [-0.39, 0.29) is 16.0 Å². The maximum Gasteiger partial charge on any atom is 0.356 e. The summed E-state index contributed by atoms with van der Waals surface area (Å²) in [6.07, 6.45) is 1.26. The highest BCUT2D eigenvalue weighted by Gasteiger charge is 2.16. The van der Waals surface area contributed by atoms with E-state index >= 15 is 0 Å². The fraction of sp³-hybridized carbons (Fsp3) is 0.0909. The molecule has 0 saturated carbocycles. The van der Waals surface area contributed by atoms with Gasteiger partial charge in [-0.1, -0.05) is 0 Å². The third kappa shape index (κ3) is 2.13. The second-order valence-electron chi connectivity index (χ2n) is 3.36. The van der Waals surface area contributed by atoms with Gasteiger partial charge in [0.15, 0.2) is 11.6 Å². The third-order valence-corrected chi connectivity index (χ3v) is 3.05. The minimum atomic E-state index is -1.01. The Bertz CT molecular complexity index is 613. The highest BCUT2D eigenvalue weighted by molar-refractivity contribution is 9.10. The van der Waals surface area contributed by atoms with Crippen molar-refractivity contribution in [3.63, 3.8) is 0 Å². The molecule has 0 aliphatic carbocycles. The van der Waals surface area contributed by atoms with Crippen molar-refractivity contribution >= 4 is 21.9 Å². The van der Waals surface area contributed by atoms with Gasteiger partial charge in [-0.15, -0.1) is 0 Å². The van der Waals surface area contributed by atoms with E-state index in [2.05, 4.69) is 30.6 Å². The molecular weight excluding hydrogens is 310 g/mol. The Morgan fingerprint density at radius 1 is 1.44 bits per heavy atom. The summed E-state index contributed by atoms with van der Waals surface area (Å²) in [4.78, 5) is 17.8. The van der Waals surface area contributed by atoms with Crippen molar-refractivity contribution in [2.45, 2.75) is 0 Å². The molecule has 2 aromatic rings. The van der Waals surface area contributed by atoms with Gasteiger partial charge in [0.05, 0.1) is 17.8 Å². The summed E-state index contributed by atoms with van der Waals surface area (Å²) in [6.45, 7) is 0. The number of hydrogen-bond donors (Lipinski definition) is 1. The quantitative estimate of drug-likeness (QED) is 0.684. The molecule has 0 saturated heterocycles. The Kier molecular flexibility index (Phi) is 3.42. The van der Waals surface area contributed by atoms with Crippen LogP contribution in [0.3, 0.4) is 0 Å². The SMILES string of the molecule is COC(=O)c1cnc(-c2ccc(F)c(F)c2Br)[nH]1. The third-order valence-electron chi connectivity index (χ3n) is 2.27. The van der Waals surface area contributed by atoms with E-state index in [4.69, 9.17) is 0 Å². The van der Waals surface area contributed by atoms with Gasteiger partial charge in [-0.05, 0) is 28.1 Å². The van der Waals surface area contributed by atoms with Crippen molar-refractivity contribution < 1.29 is 18.3 Å². The molecule has 0 unspecified atom stereocenters. The van der Waals surface area contributed by atoms with Crippen LogP contribution < -0.4 is 0 Å². The zero-order valence-corrected chi connectivity index (χ0v) is 10.7. The molecular formula is C11H7BrF2N2O2. The fourth-order valence-electron chi connectivity index (χ4n) is 1.38. The average Bonchev–Trinajstić information content (AvgIpc) is 2.84. The maximum absolute atomic E-state index is 13.4. The van der Waals surface area contributed by atoms with Crippen molar-refractivity contribution in [2.75, 3.05) is 7.11 Å². The number of aromatic nitrogens is 2. The van der Waals surface area contributed by atoms with Gasteiger partial charge in [0.1, 0.15) is 11.5 Å². The monoisotopic (exact) mass is 316 g/mol. The molecule has 18 heavy (non-hydrogen) atoms. The summed E-state index contributed by atoms with van der Waals surface area (Å²) in [6, 6.07) is 2.33. The first kappa shape index (κ1) is 12.7. The normalized spacial score (nSPS) is 10.4. The predicted octanol–water partition coefficient (Wildman–Crippen LogP) is 2.90. The standard InChI is InChI=1S/C11H7BrF2N2O2/c1-18-11(17)7-4-15-10(16-7)5-2-3-6(13)9(14)8(5)12/h2-4H,1H3,(H,15,16). The highest BCUT2D eigenvalue weighted by atomic mass is 79.9. The van der Waals surface area contributed by atoms with E-state index in [0.29, 0.717) is 5.56 Å². The summed E-state index contributed by atoms with van der Waals surface area (Å²) < 4.78 is 30.7. The van der Waals surface area contributed by atoms with Crippen LogP contribution in [-0.2, 0) is 4.74 Å². The average molecular weight is 317 g/mol. The summed E-state index contributed by atoms with van der Waals surface area (Å²) >= 11 is 2.94. The number of benzene rings is 1. The molecule has 0 bridgehead atoms. The molecule has 0 radical (unpaired) electrons. The number of imidazole rings is 1. The molecule has 0 atom stereocenters. The molecule has 0 amide bonds. The molecule has 4 nitrogen and oxygen atoms in total. The topological polar surface area (TPSA) is 55.0 Å². The molecule has 0 spiro atoms. The number of aromatic amines is 1. The van der Waals surface area contributed by atoms with Crippen LogP contribution in [-0.4, -0.2) is 23.0 Å². The van der Waals surface area contributed by atoms with Crippen LogP contribution in [0.4, 0.5) is 8.78 Å². The summed E-state index contributed by atoms with van der Waals surface area (Å²) in [5.41, 5.74) is 0.438. The Morgan fingerprint density at radius 2 is 2.17 bits per heavy atom. The summed E-state index contributed by atoms with van der Waals surface area (Å²) in [5.74, 6) is -2.33. The Hall–Kier alpha value is -1.76. The molecule has 1 heterocycles. The Balaban J connectivity index is 2.47. The van der Waals surface area contributed by atoms with Gasteiger partial charge in [-0.3, -0.25) is 0 Å². The number of H-pyrrole nitrogens is 1. The molecule has 7 heteroatoms. The largest absolute Gasteiger partial charge is 0.464 e. The van der Waals surface area contributed by atoms with Gasteiger partial charge in [-0.25, -0.2) is 18.6 Å². The minimum Gasteiger partial charge on any atom is -0.464 e. The summed E-state index contributed by atoms with van der Waals surface area (Å²) in [5, 5.41) is 0. The molecule has 0 aliphatic heterocycles. The van der Waals surface area contributed by atoms with Crippen LogP contribution in [0, 0.1) is 11.6 Å². The molecule has 1 aromatic heterocycles. The van der Waals surface area contributed by atoms with Crippen LogP contribution in [0.5, 0.6) is 0 Å². The molecule has 2 rings (SSSR count). The molecule has 1 N–H and O–H groups in total. The lowest BCUT2D eigenvalue weighted by Crippen LogP contribution is -2.01. The lowest BCUT2D eigenvalue weighted by atomic mass is 10.2. The highest BCUT2D eigenvalue weighted by Crippen LogP contribution is 2.29. The van der Waals surface area contributed by atoms with Crippen molar-refractivity contribution in [2.24, 2.45) is 0 Å². The molecule has 0 aliphatic rings. The maximum atomic E-state index is 13.4. The number of halogens is 3. The number of carbonyl (C=O) groups is 1. The van der Waals surface area contributed by atoms with E-state index in [9.17, 15) is 13.6 Å². The van der Waals surface area contributed by atoms with Crippen molar-refractivity contribution in [3.8, 4) is 11.4 Å². The number of rotatable bonds is 2. The number of hydrogen-bond acceptors (Lipinski definition) is 3. The molecule has 94 valence electrons. The van der Waals surface area contributed by atoms with Crippen molar-refractivity contribution in [3.05, 3.63) is 40.1 Å². The minimum absolute atomic E-state index is 0.0618. The van der Waals surface area contributed by atoms with E-state index in [1.807, 2.05) is 0 Å². The van der Waals surface area contributed by atoms with E-state index in [1.165, 1.54) is 19.4 Å². The van der Waals surface area contributed by atoms with Crippen LogP contribution >= 0.6 is 15.9 Å². The zero-order valence-electron chi connectivity index (χ0n) is 9.13. The fourth-order valence-corrected chi connectivity index (χ4v) is 1.89. The van der Waals surface area contributed by atoms with Gasteiger partial charge in [0.25, 0.3) is 0 Å². The Labute approximate surface area is 109 Å². The van der Waals surface area contributed by atoms with E-state index < -0.39 is 17.6 Å². The second kappa shape index (κ2) is 4.85. The van der Waals surface area contributed by atoms with E-state index in [1.54, 1.807) is 0 Å². The Morgan fingerprint density at radius 3 is 2.83 bits per heavy atom. The predicted molar refractivity (Wildman–Crippen MR) is 63.0 cm³/mol. The summed E-state index contributed by atoms with van der Waals surface area (Å²) in [7, 11) is 1.23. The smallest absolute Gasteiger partial charge is 0.356 e. The van der Waals surface area contributed by atoms with Crippen LogP contribution in [0.25, 0.3) is 11.4 Å². The lowest BCUT2D eigenvalue weighted by molar-refractivity contribution is 0.0595. The zero-order chi connectivity index (χ0) is 13.3. The van der Waals surface area contributed by atoms with Gasteiger partial charge in [0, 0.05) is 5.56 Å². The first-order chi connectivity index (χ1) is 8.54. The van der Waals surface area contributed by atoms with Crippen molar-refractivity contribution in [1.29, 1.82) is 0 Å². The molecule has 1 aromatic carbocycles. The number of methoxy groups -OCH3 is 1. The molecule has 0 fully saturated rings. The number of ether oxygens (including phenoxy) is 1. The first-order valence-electron chi connectivity index (χ1n) is 4.81. The lowest BCUT2D eigenvalue weighted by Gasteiger charge is -2.03.